The molecule has 0 aliphatic carbocycles. The van der Waals surface area contributed by atoms with E-state index in [2.05, 4.69) is 9.89 Å². The lowest BCUT2D eigenvalue weighted by Crippen LogP contribution is -2.29. The van der Waals surface area contributed by atoms with E-state index >= 15 is 0 Å². The van der Waals surface area contributed by atoms with Crippen LogP contribution in [0.4, 0.5) is 8.78 Å². The van der Waals surface area contributed by atoms with E-state index in [4.69, 9.17) is 14.3 Å². The van der Waals surface area contributed by atoms with Crippen LogP contribution < -0.4 is 14.2 Å². The lowest BCUT2D eigenvalue weighted by molar-refractivity contribution is -0.135. The molecule has 9 heteroatoms. The van der Waals surface area contributed by atoms with Gasteiger partial charge in [-0.3, -0.25) is 4.79 Å². The number of benzene rings is 2. The molecule has 0 heterocycles. The summed E-state index contributed by atoms with van der Waals surface area (Å²) in [5.41, 5.74) is 1.49. The summed E-state index contributed by atoms with van der Waals surface area (Å²) in [5.74, 6) is 0.569. The van der Waals surface area contributed by atoms with Crippen LogP contribution in [0.5, 0.6) is 17.2 Å². The minimum absolute atomic E-state index is 0.0864. The van der Waals surface area contributed by atoms with Crippen molar-refractivity contribution in [2.75, 3.05) is 27.4 Å². The van der Waals surface area contributed by atoms with Gasteiger partial charge in [0.05, 0.1) is 19.9 Å². The van der Waals surface area contributed by atoms with Crippen LogP contribution in [0, 0.1) is 0 Å². The number of oxime groups is 1. The summed E-state index contributed by atoms with van der Waals surface area (Å²) in [6, 6.07) is 11.8. The van der Waals surface area contributed by atoms with E-state index in [1.165, 1.54) is 36.4 Å². The molecule has 2 aromatic carbocycles. The molecule has 30 heavy (non-hydrogen) atoms. The normalized spacial score (nSPS) is 10.9. The summed E-state index contributed by atoms with van der Waals surface area (Å²) >= 11 is 0. The summed E-state index contributed by atoms with van der Waals surface area (Å²) in [6.45, 7) is -0.270. The first kappa shape index (κ1) is 22.9. The highest BCUT2D eigenvalue weighted by Crippen LogP contribution is 2.28. The molecule has 0 spiro atoms. The van der Waals surface area contributed by atoms with Crippen molar-refractivity contribution in [1.29, 1.82) is 0 Å². The number of methoxy groups -OCH3 is 1. The van der Waals surface area contributed by atoms with Crippen molar-refractivity contribution >= 4 is 12.1 Å². The summed E-state index contributed by atoms with van der Waals surface area (Å²) < 4.78 is 39.4. The van der Waals surface area contributed by atoms with Crippen molar-refractivity contribution in [1.82, 2.24) is 4.90 Å². The van der Waals surface area contributed by atoms with Crippen LogP contribution in [0.25, 0.3) is 0 Å². The first-order valence-corrected chi connectivity index (χ1v) is 9.16. The molecule has 0 atom stereocenters. The number of rotatable bonds is 11. The molecule has 0 saturated carbocycles. The molecule has 0 radical (unpaired) electrons. The van der Waals surface area contributed by atoms with E-state index in [9.17, 15) is 13.6 Å². The molecular formula is C21H24F2N2O5. The smallest absolute Gasteiger partial charge is 0.387 e. The van der Waals surface area contributed by atoms with Crippen molar-refractivity contribution in [3.05, 3.63) is 53.6 Å². The molecule has 0 aliphatic rings. The Morgan fingerprint density at radius 1 is 1.17 bits per heavy atom. The largest absolute Gasteiger partial charge is 0.494 e. The van der Waals surface area contributed by atoms with Gasteiger partial charge in [0.1, 0.15) is 5.75 Å². The van der Waals surface area contributed by atoms with Crippen LogP contribution >= 0.6 is 0 Å². The Labute approximate surface area is 173 Å². The predicted octanol–water partition coefficient (Wildman–Crippen LogP) is 3.70. The van der Waals surface area contributed by atoms with Crippen molar-refractivity contribution in [3.8, 4) is 17.2 Å². The second-order valence-corrected chi connectivity index (χ2v) is 6.12. The van der Waals surface area contributed by atoms with Crippen molar-refractivity contribution in [2.45, 2.75) is 20.1 Å². The highest BCUT2D eigenvalue weighted by molar-refractivity contribution is 5.81. The Morgan fingerprint density at radius 3 is 2.53 bits per heavy atom. The van der Waals surface area contributed by atoms with Gasteiger partial charge in [-0.2, -0.15) is 8.78 Å². The molecule has 0 bridgehead atoms. The van der Waals surface area contributed by atoms with Gasteiger partial charge in [-0.15, -0.1) is 0 Å². The van der Waals surface area contributed by atoms with Gasteiger partial charge in [0, 0.05) is 19.2 Å². The van der Waals surface area contributed by atoms with Crippen LogP contribution in [0.1, 0.15) is 18.1 Å². The number of ether oxygens (including phenoxy) is 3. The minimum atomic E-state index is -2.95. The number of alkyl halides is 2. The Balaban J connectivity index is 1.83. The maximum Gasteiger partial charge on any atom is 0.387 e. The van der Waals surface area contributed by atoms with Gasteiger partial charge in [-0.1, -0.05) is 17.3 Å². The van der Waals surface area contributed by atoms with Crippen molar-refractivity contribution in [2.24, 2.45) is 5.16 Å². The van der Waals surface area contributed by atoms with E-state index < -0.39 is 6.61 Å². The zero-order chi connectivity index (χ0) is 21.9. The SMILES string of the molecule is CCOc1ccc(CN(C)C(=O)CO/N=C/c2ccc(OC(F)F)c(OC)c2)cc1. The first-order chi connectivity index (χ1) is 14.4. The highest BCUT2D eigenvalue weighted by atomic mass is 19.3. The zero-order valence-corrected chi connectivity index (χ0v) is 17.0. The molecule has 0 aromatic heterocycles. The van der Waals surface area contributed by atoms with Crippen molar-refractivity contribution < 1.29 is 32.6 Å². The molecule has 0 N–H and O–H groups in total. The molecule has 0 saturated heterocycles. The average Bonchev–Trinajstić information content (AvgIpc) is 2.73. The second-order valence-electron chi connectivity index (χ2n) is 6.12. The Bertz CT molecular complexity index is 844. The Hall–Kier alpha value is -3.36. The van der Waals surface area contributed by atoms with Gasteiger partial charge >= 0.3 is 6.61 Å². The molecule has 2 rings (SSSR count). The molecule has 7 nitrogen and oxygen atoms in total. The van der Waals surface area contributed by atoms with Crippen molar-refractivity contribution in [3.63, 3.8) is 0 Å². The second kappa shape index (κ2) is 11.6. The molecule has 1 amide bonds. The van der Waals surface area contributed by atoms with Crippen LogP contribution in [-0.4, -0.2) is 51.0 Å². The van der Waals surface area contributed by atoms with E-state index in [-0.39, 0.29) is 24.0 Å². The quantitative estimate of drug-likeness (QED) is 0.408. The maximum absolute atomic E-state index is 12.3. The van der Waals surface area contributed by atoms with Gasteiger partial charge in [-0.05, 0) is 42.8 Å². The predicted molar refractivity (Wildman–Crippen MR) is 107 cm³/mol. The van der Waals surface area contributed by atoms with Crippen LogP contribution in [0.2, 0.25) is 0 Å². The number of amides is 1. The van der Waals surface area contributed by atoms with E-state index in [1.54, 1.807) is 7.05 Å². The fraction of sp³-hybridized carbons (Fsp3) is 0.333. The van der Waals surface area contributed by atoms with Gasteiger partial charge < -0.3 is 23.9 Å². The number of halogens is 2. The average molecular weight is 422 g/mol. The molecule has 0 aliphatic heterocycles. The van der Waals surface area contributed by atoms with Gasteiger partial charge in [0.2, 0.25) is 0 Å². The highest BCUT2D eigenvalue weighted by Gasteiger charge is 2.11. The van der Waals surface area contributed by atoms with E-state index in [0.717, 1.165) is 11.3 Å². The number of carbonyl (C=O) groups is 1. The van der Waals surface area contributed by atoms with Crippen LogP contribution in [0.3, 0.4) is 0 Å². The number of carbonyl (C=O) groups excluding carboxylic acids is 1. The number of nitrogens with zero attached hydrogens (tertiary/aromatic N) is 2. The monoisotopic (exact) mass is 422 g/mol. The van der Waals surface area contributed by atoms with Crippen LogP contribution in [0.15, 0.2) is 47.6 Å². The Kier molecular flexibility index (Phi) is 8.86. The van der Waals surface area contributed by atoms with E-state index in [1.807, 2.05) is 31.2 Å². The minimum Gasteiger partial charge on any atom is -0.494 e. The number of hydrogen-bond acceptors (Lipinski definition) is 6. The summed E-state index contributed by atoms with van der Waals surface area (Å²) in [4.78, 5) is 18.7. The number of hydrogen-bond donors (Lipinski definition) is 0. The molecular weight excluding hydrogens is 398 g/mol. The molecule has 0 fully saturated rings. The standard InChI is InChI=1S/C21H24F2N2O5/c1-4-28-17-8-5-15(6-9-17)13-25(2)20(26)14-29-24-12-16-7-10-18(30-21(22)23)19(11-16)27-3/h5-12,21H,4,13-14H2,1-3H3/b24-12+. The third-order valence-electron chi connectivity index (χ3n) is 3.95. The van der Waals surface area contributed by atoms with Gasteiger partial charge in [-0.25, -0.2) is 0 Å². The molecule has 162 valence electrons. The summed E-state index contributed by atoms with van der Waals surface area (Å²) in [5, 5.41) is 3.74. The Morgan fingerprint density at radius 2 is 1.90 bits per heavy atom. The molecule has 0 unspecified atom stereocenters. The molecule has 2 aromatic rings. The lowest BCUT2D eigenvalue weighted by atomic mass is 10.2. The fourth-order valence-corrected chi connectivity index (χ4v) is 2.48. The summed E-state index contributed by atoms with van der Waals surface area (Å²) in [6.07, 6.45) is 1.34. The topological polar surface area (TPSA) is 69.6 Å². The third kappa shape index (κ3) is 7.23. The maximum atomic E-state index is 12.3. The van der Waals surface area contributed by atoms with Gasteiger partial charge in [0.25, 0.3) is 5.91 Å². The van der Waals surface area contributed by atoms with Crippen LogP contribution in [-0.2, 0) is 16.2 Å². The number of likely N-dealkylation sites (N-methyl/N-ethyl adjacent to an activating group) is 1. The fourth-order valence-electron chi connectivity index (χ4n) is 2.48. The lowest BCUT2D eigenvalue weighted by Gasteiger charge is -2.16. The summed E-state index contributed by atoms with van der Waals surface area (Å²) in [7, 11) is 3.00. The first-order valence-electron chi connectivity index (χ1n) is 9.16. The third-order valence-corrected chi connectivity index (χ3v) is 3.95. The van der Waals surface area contributed by atoms with Gasteiger partial charge in [0.15, 0.2) is 18.1 Å². The van der Waals surface area contributed by atoms with E-state index in [0.29, 0.717) is 18.7 Å². The zero-order valence-electron chi connectivity index (χ0n) is 17.0.